The number of hydrogen-bond acceptors (Lipinski definition) is 6. The molecule has 0 aliphatic carbocycles. The van der Waals surface area contributed by atoms with Crippen molar-refractivity contribution in [1.29, 1.82) is 0 Å². The number of pyridine rings is 3. The molecular weight excluding hydrogens is 358 g/mol. The Hall–Kier alpha value is -3.45. The molecule has 1 aromatic carbocycles. The Morgan fingerprint density at radius 1 is 1.07 bits per heavy atom. The number of nitrogens with zero attached hydrogens (tertiary/aromatic N) is 3. The van der Waals surface area contributed by atoms with E-state index in [1.54, 1.807) is 18.3 Å². The van der Waals surface area contributed by atoms with E-state index in [1.807, 2.05) is 46.9 Å². The Labute approximate surface area is 157 Å². The number of fused-ring (bicyclic) bond motifs is 5. The van der Waals surface area contributed by atoms with Gasteiger partial charge in [-0.25, -0.2) is 4.98 Å². The van der Waals surface area contributed by atoms with E-state index in [0.717, 1.165) is 20.7 Å². The zero-order valence-corrected chi connectivity index (χ0v) is 15.0. The van der Waals surface area contributed by atoms with Crippen LogP contribution >= 0.6 is 11.3 Å². The summed E-state index contributed by atoms with van der Waals surface area (Å²) in [6, 6.07) is 17.3. The third kappa shape index (κ3) is 2.51. The minimum Gasteiger partial charge on any atom is -0.393 e. The second kappa shape index (κ2) is 6.07. The van der Waals surface area contributed by atoms with Crippen LogP contribution in [-0.2, 0) is 6.54 Å². The minimum absolute atomic E-state index is 0.180. The van der Waals surface area contributed by atoms with Crippen LogP contribution in [0.1, 0.15) is 5.69 Å². The Balaban J connectivity index is 1.72. The van der Waals surface area contributed by atoms with E-state index in [2.05, 4.69) is 10.3 Å². The van der Waals surface area contributed by atoms with Gasteiger partial charge in [0.25, 0.3) is 0 Å². The molecule has 5 aromatic rings. The summed E-state index contributed by atoms with van der Waals surface area (Å²) < 4.78 is 3.03. The Kier molecular flexibility index (Phi) is 3.54. The van der Waals surface area contributed by atoms with E-state index >= 15 is 0 Å². The second-order valence-corrected chi connectivity index (χ2v) is 7.23. The van der Waals surface area contributed by atoms with Gasteiger partial charge in [-0.3, -0.25) is 14.2 Å². The molecule has 0 fully saturated rings. The van der Waals surface area contributed by atoms with Gasteiger partial charge in [0.1, 0.15) is 16.3 Å². The van der Waals surface area contributed by atoms with Gasteiger partial charge in [0.2, 0.25) is 5.43 Å². The predicted octanol–water partition coefficient (Wildman–Crippen LogP) is 3.65. The average Bonchev–Trinajstić information content (AvgIpc) is 3.11. The molecule has 27 heavy (non-hydrogen) atoms. The molecule has 0 radical (unpaired) electrons. The monoisotopic (exact) mass is 373 g/mol. The van der Waals surface area contributed by atoms with Crippen molar-refractivity contribution in [2.75, 3.05) is 11.1 Å². The molecule has 132 valence electrons. The summed E-state index contributed by atoms with van der Waals surface area (Å²) >= 11 is 1.50. The molecule has 0 saturated heterocycles. The number of nitrogens with two attached hydrogens (primary N) is 1. The molecule has 7 heteroatoms. The van der Waals surface area contributed by atoms with E-state index < -0.39 is 0 Å². The first kappa shape index (κ1) is 15.8. The first-order chi connectivity index (χ1) is 13.2. The third-order valence-electron chi connectivity index (χ3n) is 4.50. The van der Waals surface area contributed by atoms with Gasteiger partial charge in [-0.2, -0.15) is 0 Å². The highest BCUT2D eigenvalue weighted by Crippen LogP contribution is 2.31. The zero-order chi connectivity index (χ0) is 18.4. The van der Waals surface area contributed by atoms with Crippen molar-refractivity contribution in [1.82, 2.24) is 14.4 Å². The van der Waals surface area contributed by atoms with Crippen LogP contribution in [0, 0.1) is 0 Å². The maximum Gasteiger partial charge on any atom is 0.215 e. The van der Waals surface area contributed by atoms with Crippen molar-refractivity contribution in [2.24, 2.45) is 0 Å². The number of nitrogen functional groups attached to an aromatic ring is 1. The average molecular weight is 373 g/mol. The van der Waals surface area contributed by atoms with Crippen LogP contribution in [0.5, 0.6) is 0 Å². The predicted molar refractivity (Wildman–Crippen MR) is 110 cm³/mol. The molecule has 0 saturated carbocycles. The number of thiazole rings is 1. The highest BCUT2D eigenvalue weighted by molar-refractivity contribution is 7.24. The molecule has 0 unspecified atom stereocenters. The van der Waals surface area contributed by atoms with Crippen LogP contribution in [0.2, 0.25) is 0 Å². The fourth-order valence-electron chi connectivity index (χ4n) is 3.19. The van der Waals surface area contributed by atoms with Gasteiger partial charge in [0.05, 0.1) is 27.8 Å². The van der Waals surface area contributed by atoms with Crippen LogP contribution in [0.25, 0.3) is 26.1 Å². The van der Waals surface area contributed by atoms with Crippen LogP contribution in [0.3, 0.4) is 0 Å². The Morgan fingerprint density at radius 3 is 2.78 bits per heavy atom. The summed E-state index contributed by atoms with van der Waals surface area (Å²) in [4.78, 5) is 22.5. The molecule has 0 atom stereocenters. The maximum absolute atomic E-state index is 12.7. The highest BCUT2D eigenvalue weighted by atomic mass is 32.1. The molecular formula is C20H15N5OS. The molecule has 0 spiro atoms. The van der Waals surface area contributed by atoms with Gasteiger partial charge in [-0.05, 0) is 36.4 Å². The number of rotatable bonds is 3. The summed E-state index contributed by atoms with van der Waals surface area (Å²) in [7, 11) is 0. The minimum atomic E-state index is -0.180. The fourth-order valence-corrected chi connectivity index (χ4v) is 4.29. The number of aromatic nitrogens is 3. The highest BCUT2D eigenvalue weighted by Gasteiger charge is 2.15. The summed E-state index contributed by atoms with van der Waals surface area (Å²) in [5, 5.41) is 3.79. The second-order valence-electron chi connectivity index (χ2n) is 6.20. The molecule has 4 heterocycles. The van der Waals surface area contributed by atoms with Gasteiger partial charge >= 0.3 is 0 Å². The molecule has 6 nitrogen and oxygen atoms in total. The summed E-state index contributed by atoms with van der Waals surface area (Å²) in [5.74, 6) is 0.682. The van der Waals surface area contributed by atoms with Crippen molar-refractivity contribution in [3.8, 4) is 0 Å². The lowest BCUT2D eigenvalue weighted by atomic mass is 10.2. The van der Waals surface area contributed by atoms with Crippen molar-refractivity contribution in [3.05, 3.63) is 76.7 Å². The first-order valence-electron chi connectivity index (χ1n) is 8.48. The number of para-hydroxylation sites is 1. The molecule has 4 aromatic heterocycles. The quantitative estimate of drug-likeness (QED) is 0.504. The van der Waals surface area contributed by atoms with Gasteiger partial charge in [0.15, 0.2) is 5.65 Å². The van der Waals surface area contributed by atoms with E-state index in [0.29, 0.717) is 23.4 Å². The lowest BCUT2D eigenvalue weighted by Crippen LogP contribution is -2.13. The lowest BCUT2D eigenvalue weighted by molar-refractivity contribution is 1.03. The summed E-state index contributed by atoms with van der Waals surface area (Å²) in [6.07, 6.45) is 1.76. The Morgan fingerprint density at radius 2 is 1.93 bits per heavy atom. The van der Waals surface area contributed by atoms with Crippen molar-refractivity contribution < 1.29 is 0 Å². The van der Waals surface area contributed by atoms with E-state index in [9.17, 15) is 4.79 Å². The Bertz CT molecular complexity index is 1360. The number of benzene rings is 1. The standard InChI is InChI=1S/C20H15N5OS/c21-17-18(26)13-8-9-16(23-11-12-5-3-4-10-22-12)24-19(13)25-14-6-1-2-7-15(14)27-20(17)25/h1-10H,11,21H2,(H,23,24). The van der Waals surface area contributed by atoms with E-state index in [-0.39, 0.29) is 11.1 Å². The molecule has 0 aliphatic rings. The third-order valence-corrected chi connectivity index (χ3v) is 5.66. The van der Waals surface area contributed by atoms with Crippen LogP contribution in [-0.4, -0.2) is 14.4 Å². The van der Waals surface area contributed by atoms with Crippen molar-refractivity contribution >= 4 is 48.9 Å². The number of hydrogen-bond donors (Lipinski definition) is 2. The smallest absolute Gasteiger partial charge is 0.215 e. The number of nitrogens with one attached hydrogen (secondary N) is 1. The largest absolute Gasteiger partial charge is 0.393 e. The topological polar surface area (TPSA) is 85.3 Å². The first-order valence-corrected chi connectivity index (χ1v) is 9.30. The molecule has 0 bridgehead atoms. The molecule has 5 rings (SSSR count). The van der Waals surface area contributed by atoms with E-state index in [4.69, 9.17) is 10.7 Å². The fraction of sp³-hybridized carbons (Fsp3) is 0.0500. The van der Waals surface area contributed by atoms with Crippen molar-refractivity contribution in [3.63, 3.8) is 0 Å². The SMILES string of the molecule is Nc1c(=O)c2ccc(NCc3ccccn3)nc2n2c1sc1ccccc12. The van der Waals surface area contributed by atoms with Gasteiger partial charge < -0.3 is 11.1 Å². The van der Waals surface area contributed by atoms with Crippen LogP contribution in [0.15, 0.2) is 65.6 Å². The molecule has 3 N–H and O–H groups in total. The molecule has 0 amide bonds. The molecule has 0 aliphatic heterocycles. The van der Waals surface area contributed by atoms with Crippen LogP contribution in [0.4, 0.5) is 11.5 Å². The van der Waals surface area contributed by atoms with Gasteiger partial charge in [-0.1, -0.05) is 18.2 Å². The number of anilines is 2. The zero-order valence-electron chi connectivity index (χ0n) is 14.2. The van der Waals surface area contributed by atoms with Gasteiger partial charge in [0, 0.05) is 6.20 Å². The van der Waals surface area contributed by atoms with E-state index in [1.165, 1.54) is 11.3 Å². The lowest BCUT2D eigenvalue weighted by Gasteiger charge is -2.09. The summed E-state index contributed by atoms with van der Waals surface area (Å²) in [6.45, 7) is 0.552. The van der Waals surface area contributed by atoms with Crippen LogP contribution < -0.4 is 16.5 Å². The van der Waals surface area contributed by atoms with Gasteiger partial charge in [-0.15, -0.1) is 11.3 Å². The maximum atomic E-state index is 12.7. The summed E-state index contributed by atoms with van der Waals surface area (Å²) in [5.41, 5.74) is 8.74. The normalized spacial score (nSPS) is 11.4. The van der Waals surface area contributed by atoms with Crippen molar-refractivity contribution in [2.45, 2.75) is 6.54 Å².